The van der Waals surface area contributed by atoms with Crippen LogP contribution < -0.4 is 10.1 Å². The topological polar surface area (TPSA) is 58.6 Å². The highest BCUT2D eigenvalue weighted by Gasteiger charge is 2.08. The molecule has 88 valence electrons. The Labute approximate surface area is 95.2 Å². The monoisotopic (exact) mass is 223 g/mol. The predicted octanol–water partition coefficient (Wildman–Crippen LogP) is 2.46. The highest BCUT2D eigenvalue weighted by Crippen LogP contribution is 2.25. The van der Waals surface area contributed by atoms with Gasteiger partial charge in [0.2, 0.25) is 0 Å². The van der Waals surface area contributed by atoms with Gasteiger partial charge in [-0.15, -0.1) is 0 Å². The second kappa shape index (κ2) is 5.39. The van der Waals surface area contributed by atoms with Crippen LogP contribution >= 0.6 is 0 Å². The van der Waals surface area contributed by atoms with Crippen molar-refractivity contribution in [3.8, 4) is 5.75 Å². The summed E-state index contributed by atoms with van der Waals surface area (Å²) in [4.78, 5) is 10.8. The number of carbonyl (C=O) groups is 1. The Morgan fingerprint density at radius 2 is 2.19 bits per heavy atom. The number of hydrogen-bond acceptors (Lipinski definition) is 3. The second-order valence-corrected chi connectivity index (χ2v) is 3.99. The van der Waals surface area contributed by atoms with Gasteiger partial charge in [-0.1, -0.05) is 13.8 Å². The van der Waals surface area contributed by atoms with Gasteiger partial charge in [0.25, 0.3) is 0 Å². The van der Waals surface area contributed by atoms with Gasteiger partial charge in [-0.3, -0.25) is 0 Å². The van der Waals surface area contributed by atoms with Gasteiger partial charge in [0.05, 0.1) is 18.4 Å². The number of carboxylic acid groups (broad SMARTS) is 1. The summed E-state index contributed by atoms with van der Waals surface area (Å²) < 4.78 is 5.16. The van der Waals surface area contributed by atoms with Gasteiger partial charge in [0, 0.05) is 6.54 Å². The number of hydrogen-bond donors (Lipinski definition) is 2. The summed E-state index contributed by atoms with van der Waals surface area (Å²) in [5, 5.41) is 12.1. The van der Waals surface area contributed by atoms with Crippen LogP contribution in [-0.4, -0.2) is 24.7 Å². The van der Waals surface area contributed by atoms with Gasteiger partial charge in [-0.25, -0.2) is 4.79 Å². The van der Waals surface area contributed by atoms with Crippen LogP contribution in [-0.2, 0) is 0 Å². The van der Waals surface area contributed by atoms with Crippen LogP contribution in [0, 0.1) is 5.92 Å². The van der Waals surface area contributed by atoms with Gasteiger partial charge in [0.15, 0.2) is 0 Å². The first-order chi connectivity index (χ1) is 7.54. The van der Waals surface area contributed by atoms with Gasteiger partial charge in [-0.05, 0) is 24.1 Å². The van der Waals surface area contributed by atoms with E-state index in [1.54, 1.807) is 19.2 Å². The van der Waals surface area contributed by atoms with Crippen LogP contribution in [0.2, 0.25) is 0 Å². The van der Waals surface area contributed by atoms with Crippen LogP contribution in [0.1, 0.15) is 24.2 Å². The van der Waals surface area contributed by atoms with Crippen molar-refractivity contribution < 1.29 is 14.6 Å². The van der Waals surface area contributed by atoms with E-state index in [0.717, 1.165) is 12.2 Å². The third-order valence-corrected chi connectivity index (χ3v) is 2.15. The molecule has 0 fully saturated rings. The van der Waals surface area contributed by atoms with E-state index in [-0.39, 0.29) is 5.56 Å². The normalized spacial score (nSPS) is 10.2. The van der Waals surface area contributed by atoms with Crippen LogP contribution in [0.25, 0.3) is 0 Å². The highest BCUT2D eigenvalue weighted by atomic mass is 16.5. The molecule has 0 aromatic heterocycles. The molecule has 0 unspecified atom stereocenters. The summed E-state index contributed by atoms with van der Waals surface area (Å²) in [6.45, 7) is 4.94. The van der Waals surface area contributed by atoms with Crippen molar-refractivity contribution in [3.05, 3.63) is 23.8 Å². The molecular formula is C12H17NO3. The maximum Gasteiger partial charge on any atom is 0.335 e. The zero-order valence-electron chi connectivity index (χ0n) is 9.78. The molecule has 0 aliphatic carbocycles. The zero-order valence-corrected chi connectivity index (χ0v) is 9.78. The van der Waals surface area contributed by atoms with Crippen molar-refractivity contribution in [1.29, 1.82) is 0 Å². The fourth-order valence-electron chi connectivity index (χ4n) is 1.29. The highest BCUT2D eigenvalue weighted by molar-refractivity contribution is 5.89. The van der Waals surface area contributed by atoms with Crippen LogP contribution in [0.4, 0.5) is 5.69 Å². The SMILES string of the molecule is COc1ccc(C(=O)O)cc1NCC(C)C. The van der Waals surface area contributed by atoms with E-state index in [0.29, 0.717) is 11.7 Å². The molecular weight excluding hydrogens is 206 g/mol. The van der Waals surface area contributed by atoms with Gasteiger partial charge in [-0.2, -0.15) is 0 Å². The largest absolute Gasteiger partial charge is 0.495 e. The average Bonchev–Trinajstić information content (AvgIpc) is 2.25. The molecule has 0 heterocycles. The Balaban J connectivity index is 2.93. The molecule has 2 N–H and O–H groups in total. The fraction of sp³-hybridized carbons (Fsp3) is 0.417. The van der Waals surface area contributed by atoms with Gasteiger partial charge in [0.1, 0.15) is 5.75 Å². The molecule has 16 heavy (non-hydrogen) atoms. The molecule has 0 amide bonds. The Hall–Kier alpha value is -1.71. The van der Waals surface area contributed by atoms with Crippen LogP contribution in [0.3, 0.4) is 0 Å². The fourth-order valence-corrected chi connectivity index (χ4v) is 1.29. The van der Waals surface area contributed by atoms with E-state index in [4.69, 9.17) is 9.84 Å². The van der Waals surface area contributed by atoms with E-state index in [2.05, 4.69) is 19.2 Å². The summed E-state index contributed by atoms with van der Waals surface area (Å²) in [5.41, 5.74) is 0.975. The molecule has 0 bridgehead atoms. The smallest absolute Gasteiger partial charge is 0.335 e. The number of anilines is 1. The summed E-state index contributed by atoms with van der Waals surface area (Å²) in [5.74, 6) is 0.207. The molecule has 0 aliphatic rings. The summed E-state index contributed by atoms with van der Waals surface area (Å²) >= 11 is 0. The van der Waals surface area contributed by atoms with E-state index in [1.165, 1.54) is 6.07 Å². The summed E-state index contributed by atoms with van der Waals surface area (Å²) in [7, 11) is 1.57. The molecule has 4 nitrogen and oxygen atoms in total. The first-order valence-electron chi connectivity index (χ1n) is 5.19. The lowest BCUT2D eigenvalue weighted by Gasteiger charge is -2.13. The first kappa shape index (κ1) is 12.4. The van der Waals surface area contributed by atoms with Crippen LogP contribution in [0.5, 0.6) is 5.75 Å². The number of methoxy groups -OCH3 is 1. The van der Waals surface area contributed by atoms with Crippen molar-refractivity contribution in [2.75, 3.05) is 19.0 Å². The molecule has 0 saturated carbocycles. The zero-order chi connectivity index (χ0) is 12.1. The van der Waals surface area contributed by atoms with Crippen molar-refractivity contribution in [1.82, 2.24) is 0 Å². The number of benzene rings is 1. The van der Waals surface area contributed by atoms with Crippen LogP contribution in [0.15, 0.2) is 18.2 Å². The van der Waals surface area contributed by atoms with E-state index in [9.17, 15) is 4.79 Å². The lowest BCUT2D eigenvalue weighted by Crippen LogP contribution is -2.09. The average molecular weight is 223 g/mol. The quantitative estimate of drug-likeness (QED) is 0.805. The Bertz CT molecular complexity index is 375. The predicted molar refractivity (Wildman–Crippen MR) is 63.3 cm³/mol. The van der Waals surface area contributed by atoms with Crippen molar-refractivity contribution >= 4 is 11.7 Å². The lowest BCUT2D eigenvalue weighted by atomic mass is 10.1. The third-order valence-electron chi connectivity index (χ3n) is 2.15. The van der Waals surface area contributed by atoms with Crippen molar-refractivity contribution in [2.24, 2.45) is 5.92 Å². The van der Waals surface area contributed by atoms with Crippen molar-refractivity contribution in [2.45, 2.75) is 13.8 Å². The number of rotatable bonds is 5. The summed E-state index contributed by atoms with van der Waals surface area (Å²) in [6, 6.07) is 4.78. The first-order valence-corrected chi connectivity index (χ1v) is 5.19. The van der Waals surface area contributed by atoms with E-state index >= 15 is 0 Å². The molecule has 0 radical (unpaired) electrons. The number of carboxylic acids is 1. The number of nitrogens with one attached hydrogen (secondary N) is 1. The minimum Gasteiger partial charge on any atom is -0.495 e. The molecule has 0 aliphatic heterocycles. The van der Waals surface area contributed by atoms with Crippen molar-refractivity contribution in [3.63, 3.8) is 0 Å². The molecule has 0 spiro atoms. The standard InChI is InChI=1S/C12H17NO3/c1-8(2)7-13-10-6-9(12(14)15)4-5-11(10)16-3/h4-6,8,13H,7H2,1-3H3,(H,14,15). The van der Waals surface area contributed by atoms with E-state index < -0.39 is 5.97 Å². The lowest BCUT2D eigenvalue weighted by molar-refractivity contribution is 0.0697. The van der Waals surface area contributed by atoms with Gasteiger partial charge < -0.3 is 15.2 Å². The Morgan fingerprint density at radius 1 is 1.50 bits per heavy atom. The second-order valence-electron chi connectivity index (χ2n) is 3.99. The molecule has 0 saturated heterocycles. The maximum atomic E-state index is 10.8. The Kier molecular flexibility index (Phi) is 4.17. The van der Waals surface area contributed by atoms with Gasteiger partial charge >= 0.3 is 5.97 Å². The molecule has 0 atom stereocenters. The minimum absolute atomic E-state index is 0.257. The third kappa shape index (κ3) is 3.15. The van der Waals surface area contributed by atoms with E-state index in [1.807, 2.05) is 0 Å². The molecule has 1 aromatic carbocycles. The molecule has 1 rings (SSSR count). The minimum atomic E-state index is -0.935. The maximum absolute atomic E-state index is 10.8. The number of aromatic carboxylic acids is 1. The summed E-state index contributed by atoms with van der Waals surface area (Å²) in [6.07, 6.45) is 0. The Morgan fingerprint density at radius 3 is 2.69 bits per heavy atom. The molecule has 1 aromatic rings. The molecule has 4 heteroatoms. The number of ether oxygens (including phenoxy) is 1.